The predicted molar refractivity (Wildman–Crippen MR) is 138 cm³/mol. The summed E-state index contributed by atoms with van der Waals surface area (Å²) >= 11 is 0. The Morgan fingerprint density at radius 1 is 1.15 bits per heavy atom. The summed E-state index contributed by atoms with van der Waals surface area (Å²) in [4.78, 5) is 39.1. The largest absolute Gasteiger partial charge is 0.382 e. The van der Waals surface area contributed by atoms with Crippen LogP contribution in [0.3, 0.4) is 0 Å². The lowest BCUT2D eigenvalue weighted by molar-refractivity contribution is -0.124. The molecule has 0 saturated carbocycles. The smallest absolute Gasteiger partial charge is 0.237 e. The van der Waals surface area contributed by atoms with Crippen LogP contribution >= 0.6 is 0 Å². The van der Waals surface area contributed by atoms with Crippen molar-refractivity contribution in [2.75, 3.05) is 18.1 Å². The molecule has 6 nitrogen and oxygen atoms in total. The van der Waals surface area contributed by atoms with Gasteiger partial charge in [0.05, 0.1) is 11.6 Å². The molecule has 1 aromatic carbocycles. The molecular weight excluding hydrogens is 427 g/mol. The van der Waals surface area contributed by atoms with Crippen molar-refractivity contribution in [3.8, 4) is 0 Å². The summed E-state index contributed by atoms with van der Waals surface area (Å²) in [6.45, 7) is 17.6. The molecule has 187 valence electrons. The summed E-state index contributed by atoms with van der Waals surface area (Å²) in [5.74, 6) is -0.399. The zero-order valence-corrected chi connectivity index (χ0v) is 22.2. The second-order valence-electron chi connectivity index (χ2n) is 11.3. The minimum absolute atomic E-state index is 0.00604. The first kappa shape index (κ1) is 28.1. The van der Waals surface area contributed by atoms with Crippen molar-refractivity contribution in [2.45, 2.75) is 91.3 Å². The number of nitrogens with zero attached hydrogens (tertiary/aromatic N) is 1. The molecule has 1 aliphatic rings. The molecule has 1 heterocycles. The van der Waals surface area contributed by atoms with Crippen LogP contribution in [-0.2, 0) is 24.5 Å². The van der Waals surface area contributed by atoms with Crippen molar-refractivity contribution in [1.82, 2.24) is 5.32 Å². The highest BCUT2D eigenvalue weighted by Gasteiger charge is 2.41. The SMILES string of the molecule is C[B]C(C)(C)COCCC(C)NC(=O)CC(C)(C)c1ccc(N2C(=O)CC(C(C)C)C2=O)cc1. The van der Waals surface area contributed by atoms with Gasteiger partial charge in [0.15, 0.2) is 0 Å². The summed E-state index contributed by atoms with van der Waals surface area (Å²) in [7, 11) is 2.13. The molecule has 1 N–H and O–H groups in total. The van der Waals surface area contributed by atoms with E-state index in [1.807, 2.05) is 65.7 Å². The molecule has 2 unspecified atom stereocenters. The Balaban J connectivity index is 1.90. The number of carbonyl (C=O) groups excluding carboxylic acids is 3. The van der Waals surface area contributed by atoms with Crippen LogP contribution in [0.2, 0.25) is 12.1 Å². The molecule has 7 heteroatoms. The number of hydrogen-bond donors (Lipinski definition) is 1. The van der Waals surface area contributed by atoms with E-state index < -0.39 is 0 Å². The van der Waals surface area contributed by atoms with Crippen molar-refractivity contribution < 1.29 is 19.1 Å². The molecule has 1 fully saturated rings. The second kappa shape index (κ2) is 11.5. The summed E-state index contributed by atoms with van der Waals surface area (Å²) in [5.41, 5.74) is 1.19. The zero-order chi connectivity index (χ0) is 25.7. The molecule has 0 aromatic heterocycles. The van der Waals surface area contributed by atoms with Gasteiger partial charge in [-0.1, -0.05) is 60.5 Å². The van der Waals surface area contributed by atoms with Gasteiger partial charge in [0.1, 0.15) is 7.28 Å². The fourth-order valence-corrected chi connectivity index (χ4v) is 4.09. The Hall–Kier alpha value is -2.15. The van der Waals surface area contributed by atoms with E-state index in [1.54, 1.807) is 0 Å². The maximum absolute atomic E-state index is 12.7. The molecular formula is C27H42BN2O4. The van der Waals surface area contributed by atoms with Gasteiger partial charge < -0.3 is 10.1 Å². The monoisotopic (exact) mass is 469 g/mol. The van der Waals surface area contributed by atoms with Gasteiger partial charge in [-0.25, -0.2) is 0 Å². The summed E-state index contributed by atoms with van der Waals surface area (Å²) in [5, 5.41) is 3.13. The van der Waals surface area contributed by atoms with Gasteiger partial charge in [0, 0.05) is 32.1 Å². The van der Waals surface area contributed by atoms with Gasteiger partial charge >= 0.3 is 0 Å². The molecule has 2 atom stereocenters. The third-order valence-electron chi connectivity index (χ3n) is 6.85. The number of imide groups is 1. The Labute approximate surface area is 206 Å². The molecule has 1 aromatic rings. The number of hydrogen-bond acceptors (Lipinski definition) is 4. The number of benzene rings is 1. The van der Waals surface area contributed by atoms with Crippen LogP contribution in [-0.4, -0.2) is 44.3 Å². The molecule has 1 saturated heterocycles. The van der Waals surface area contributed by atoms with Crippen molar-refractivity contribution >= 4 is 30.7 Å². The summed E-state index contributed by atoms with van der Waals surface area (Å²) in [6.07, 6.45) is 1.37. The fourth-order valence-electron chi connectivity index (χ4n) is 4.09. The first-order chi connectivity index (χ1) is 15.8. The maximum atomic E-state index is 12.7. The number of ether oxygens (including phenoxy) is 1. The average Bonchev–Trinajstić information content (AvgIpc) is 3.05. The zero-order valence-electron chi connectivity index (χ0n) is 22.2. The Morgan fingerprint density at radius 3 is 2.29 bits per heavy atom. The number of carbonyl (C=O) groups is 3. The van der Waals surface area contributed by atoms with E-state index in [-0.39, 0.29) is 52.7 Å². The highest BCUT2D eigenvalue weighted by molar-refractivity contribution is 6.37. The second-order valence-corrected chi connectivity index (χ2v) is 11.3. The molecule has 2 rings (SSSR count). The van der Waals surface area contributed by atoms with Gasteiger partial charge in [-0.3, -0.25) is 19.3 Å². The van der Waals surface area contributed by atoms with Crippen LogP contribution < -0.4 is 10.2 Å². The van der Waals surface area contributed by atoms with E-state index in [4.69, 9.17) is 4.74 Å². The van der Waals surface area contributed by atoms with E-state index in [1.165, 1.54) is 4.90 Å². The van der Waals surface area contributed by atoms with E-state index in [0.29, 0.717) is 25.3 Å². The Morgan fingerprint density at radius 2 is 1.76 bits per heavy atom. The van der Waals surface area contributed by atoms with Crippen molar-refractivity contribution in [2.24, 2.45) is 11.8 Å². The third-order valence-corrected chi connectivity index (χ3v) is 6.85. The van der Waals surface area contributed by atoms with Crippen molar-refractivity contribution in [1.29, 1.82) is 0 Å². The first-order valence-corrected chi connectivity index (χ1v) is 12.4. The highest BCUT2D eigenvalue weighted by Crippen LogP contribution is 2.33. The minimum Gasteiger partial charge on any atom is -0.382 e. The quantitative estimate of drug-likeness (QED) is 0.272. The van der Waals surface area contributed by atoms with Gasteiger partial charge in [-0.05, 0) is 47.7 Å². The number of amides is 3. The molecule has 1 aliphatic heterocycles. The molecule has 0 bridgehead atoms. The van der Waals surface area contributed by atoms with E-state index in [0.717, 1.165) is 12.0 Å². The van der Waals surface area contributed by atoms with Crippen LogP contribution in [0.25, 0.3) is 0 Å². The number of rotatable bonds is 12. The van der Waals surface area contributed by atoms with Gasteiger partial charge in [0.25, 0.3) is 0 Å². The first-order valence-electron chi connectivity index (χ1n) is 12.4. The summed E-state index contributed by atoms with van der Waals surface area (Å²) < 4.78 is 5.77. The Kier molecular flexibility index (Phi) is 9.52. The molecule has 1 radical (unpaired) electrons. The normalized spacial score (nSPS) is 17.9. The van der Waals surface area contributed by atoms with E-state index in [9.17, 15) is 14.4 Å². The lowest BCUT2D eigenvalue weighted by atomic mass is 9.56. The fraction of sp³-hybridized carbons (Fsp3) is 0.667. The topological polar surface area (TPSA) is 75.7 Å². The molecule has 0 spiro atoms. The average molecular weight is 469 g/mol. The third kappa shape index (κ3) is 7.43. The van der Waals surface area contributed by atoms with Gasteiger partial charge in [-0.15, -0.1) is 0 Å². The van der Waals surface area contributed by atoms with Crippen LogP contribution in [0, 0.1) is 11.8 Å². The van der Waals surface area contributed by atoms with E-state index >= 15 is 0 Å². The van der Waals surface area contributed by atoms with Gasteiger partial charge in [0.2, 0.25) is 17.7 Å². The highest BCUT2D eigenvalue weighted by atomic mass is 16.5. The van der Waals surface area contributed by atoms with Crippen LogP contribution in [0.5, 0.6) is 0 Å². The molecule has 34 heavy (non-hydrogen) atoms. The predicted octanol–water partition coefficient (Wildman–Crippen LogP) is 4.75. The van der Waals surface area contributed by atoms with Crippen molar-refractivity contribution in [3.63, 3.8) is 0 Å². The van der Waals surface area contributed by atoms with Gasteiger partial charge in [-0.2, -0.15) is 0 Å². The minimum atomic E-state index is -0.390. The number of anilines is 1. The standard InChI is InChI=1S/C27H42BN2O4/c1-18(2)22-15-24(32)30(25(22)33)21-11-9-20(10-12-21)26(4,5)16-23(31)29-19(3)13-14-34-17-27(6,7)28-8/h9-12,18-19,22H,13-17H2,1-8H3,(H,29,31). The maximum Gasteiger partial charge on any atom is 0.237 e. The van der Waals surface area contributed by atoms with Crippen molar-refractivity contribution in [3.05, 3.63) is 29.8 Å². The summed E-state index contributed by atoms with van der Waals surface area (Å²) in [6, 6.07) is 7.47. The van der Waals surface area contributed by atoms with Crippen LogP contribution in [0.15, 0.2) is 24.3 Å². The lowest BCUT2D eigenvalue weighted by Gasteiger charge is -2.27. The number of nitrogens with one attached hydrogen (secondary N) is 1. The van der Waals surface area contributed by atoms with Crippen LogP contribution in [0.1, 0.15) is 73.3 Å². The Bertz CT molecular complexity index is 864. The van der Waals surface area contributed by atoms with Crippen LogP contribution in [0.4, 0.5) is 5.69 Å². The lowest BCUT2D eigenvalue weighted by Crippen LogP contribution is -2.37. The van der Waals surface area contributed by atoms with E-state index in [2.05, 4.69) is 26.4 Å². The molecule has 0 aliphatic carbocycles. The molecule has 3 amide bonds.